The molecule has 1 heteroatoms. The van der Waals surface area contributed by atoms with E-state index in [1.165, 1.54) is 66.0 Å². The van der Waals surface area contributed by atoms with Crippen LogP contribution in [0.15, 0.2) is 40.8 Å². The van der Waals surface area contributed by atoms with E-state index in [2.05, 4.69) is 57.2 Å². The minimum absolute atomic E-state index is 0.149. The van der Waals surface area contributed by atoms with Crippen molar-refractivity contribution in [1.82, 2.24) is 0 Å². The summed E-state index contributed by atoms with van der Waals surface area (Å²) in [4.78, 5) is 0. The maximum absolute atomic E-state index is 6.61. The van der Waals surface area contributed by atoms with Crippen molar-refractivity contribution in [2.24, 2.45) is 17.8 Å². The van der Waals surface area contributed by atoms with Crippen molar-refractivity contribution in [3.05, 3.63) is 47.5 Å². The van der Waals surface area contributed by atoms with E-state index in [4.69, 9.17) is 4.42 Å². The van der Waals surface area contributed by atoms with Crippen LogP contribution in [0.25, 0.3) is 21.9 Å². The molecule has 4 saturated carbocycles. The molecular weight excluding hydrogens is 328 g/mol. The molecule has 2 aromatic carbocycles. The minimum atomic E-state index is 0.149. The Bertz CT molecular complexity index is 1010. The molecule has 0 radical (unpaired) electrons. The highest BCUT2D eigenvalue weighted by atomic mass is 16.3. The molecule has 27 heavy (non-hydrogen) atoms. The summed E-state index contributed by atoms with van der Waals surface area (Å²) in [5.41, 5.74) is 5.65. The maximum Gasteiger partial charge on any atom is 0.139 e. The molecule has 0 aliphatic heterocycles. The van der Waals surface area contributed by atoms with Gasteiger partial charge in [0.15, 0.2) is 0 Å². The van der Waals surface area contributed by atoms with Gasteiger partial charge < -0.3 is 4.42 Å². The van der Waals surface area contributed by atoms with E-state index in [9.17, 15) is 0 Å². The number of rotatable bonds is 1. The lowest BCUT2D eigenvalue weighted by molar-refractivity contribution is -0.00485. The van der Waals surface area contributed by atoms with E-state index in [1.807, 2.05) is 0 Å². The Morgan fingerprint density at radius 2 is 1.52 bits per heavy atom. The number of hydrogen-bond donors (Lipinski definition) is 0. The zero-order valence-corrected chi connectivity index (χ0v) is 16.8. The van der Waals surface area contributed by atoms with Gasteiger partial charge in [-0.05, 0) is 78.7 Å². The summed E-state index contributed by atoms with van der Waals surface area (Å²) in [6.45, 7) is 6.83. The van der Waals surface area contributed by atoms with Gasteiger partial charge in [0, 0.05) is 16.3 Å². The molecule has 1 heterocycles. The van der Waals surface area contributed by atoms with Crippen molar-refractivity contribution in [2.45, 2.75) is 70.1 Å². The molecule has 0 unspecified atom stereocenters. The van der Waals surface area contributed by atoms with Crippen LogP contribution in [0.4, 0.5) is 0 Å². The van der Waals surface area contributed by atoms with Crippen molar-refractivity contribution in [1.29, 1.82) is 0 Å². The molecule has 1 aromatic heterocycles. The number of benzene rings is 2. The van der Waals surface area contributed by atoms with Gasteiger partial charge in [-0.1, -0.05) is 51.1 Å². The molecule has 0 N–H and O–H groups in total. The summed E-state index contributed by atoms with van der Waals surface area (Å²) in [7, 11) is 0. The van der Waals surface area contributed by atoms with E-state index in [0.717, 1.165) is 23.3 Å². The van der Waals surface area contributed by atoms with Crippen molar-refractivity contribution >= 4 is 21.9 Å². The van der Waals surface area contributed by atoms with Gasteiger partial charge in [-0.15, -0.1) is 0 Å². The average Bonchev–Trinajstić information content (AvgIpc) is 2.97. The van der Waals surface area contributed by atoms with Crippen molar-refractivity contribution in [2.75, 3.05) is 0 Å². The van der Waals surface area contributed by atoms with E-state index in [0.29, 0.717) is 5.41 Å². The molecule has 4 aliphatic carbocycles. The van der Waals surface area contributed by atoms with Gasteiger partial charge in [-0.25, -0.2) is 0 Å². The molecule has 4 fully saturated rings. The van der Waals surface area contributed by atoms with Crippen molar-refractivity contribution in [3.63, 3.8) is 0 Å². The number of hydrogen-bond acceptors (Lipinski definition) is 1. The number of furan rings is 1. The highest BCUT2D eigenvalue weighted by Crippen LogP contribution is 2.61. The zero-order valence-electron chi connectivity index (χ0n) is 16.8. The molecule has 0 spiro atoms. The van der Waals surface area contributed by atoms with Crippen LogP contribution in [-0.2, 0) is 10.8 Å². The van der Waals surface area contributed by atoms with Gasteiger partial charge >= 0.3 is 0 Å². The van der Waals surface area contributed by atoms with Gasteiger partial charge in [0.05, 0.1) is 0 Å². The van der Waals surface area contributed by atoms with Crippen LogP contribution in [0.2, 0.25) is 0 Å². The molecule has 3 aromatic rings. The topological polar surface area (TPSA) is 13.1 Å². The first-order valence-electron chi connectivity index (χ1n) is 10.9. The van der Waals surface area contributed by atoms with Crippen LogP contribution in [0, 0.1) is 17.8 Å². The van der Waals surface area contributed by atoms with Crippen LogP contribution >= 0.6 is 0 Å². The molecule has 7 rings (SSSR count). The second kappa shape index (κ2) is 5.19. The smallest absolute Gasteiger partial charge is 0.139 e. The van der Waals surface area contributed by atoms with Crippen molar-refractivity contribution < 1.29 is 4.42 Å². The highest BCUT2D eigenvalue weighted by molar-refractivity contribution is 6.06. The van der Waals surface area contributed by atoms with E-state index in [1.54, 1.807) is 0 Å². The van der Waals surface area contributed by atoms with Crippen LogP contribution in [0.5, 0.6) is 0 Å². The molecule has 0 saturated heterocycles. The molecule has 1 nitrogen and oxygen atoms in total. The van der Waals surface area contributed by atoms with E-state index >= 15 is 0 Å². The summed E-state index contributed by atoms with van der Waals surface area (Å²) >= 11 is 0. The standard InChI is InChI=1S/C26H30O/c1-25(2,3)19-7-8-20-21-5-4-6-22(24(21)27-23(20)12-19)26-13-16-9-17(14-26)11-18(10-16)15-26/h4-8,12,16-18H,9-11,13-15H2,1-3H3. The largest absolute Gasteiger partial charge is 0.456 e. The lowest BCUT2D eigenvalue weighted by Crippen LogP contribution is -2.48. The molecule has 4 aliphatic rings. The Morgan fingerprint density at radius 3 is 2.15 bits per heavy atom. The van der Waals surface area contributed by atoms with Crippen LogP contribution < -0.4 is 0 Å². The normalized spacial score (nSPS) is 32.6. The summed E-state index contributed by atoms with van der Waals surface area (Å²) < 4.78 is 6.61. The number of fused-ring (bicyclic) bond motifs is 3. The Labute approximate surface area is 162 Å². The van der Waals surface area contributed by atoms with Gasteiger partial charge in [0.25, 0.3) is 0 Å². The SMILES string of the molecule is CC(C)(C)c1ccc2c(c1)oc1c(C34CC5CC(CC(C5)C3)C4)cccc12. The Kier molecular flexibility index (Phi) is 3.12. The van der Waals surface area contributed by atoms with Gasteiger partial charge in [-0.2, -0.15) is 0 Å². The van der Waals surface area contributed by atoms with Gasteiger partial charge in [0.1, 0.15) is 11.2 Å². The third kappa shape index (κ3) is 2.30. The lowest BCUT2D eigenvalue weighted by atomic mass is 9.48. The Morgan fingerprint density at radius 1 is 0.852 bits per heavy atom. The first-order chi connectivity index (χ1) is 12.9. The first-order valence-corrected chi connectivity index (χ1v) is 10.9. The number of para-hydroxylation sites is 1. The monoisotopic (exact) mass is 358 g/mol. The summed E-state index contributed by atoms with van der Waals surface area (Å²) in [5.74, 6) is 2.88. The highest BCUT2D eigenvalue weighted by Gasteiger charge is 2.52. The maximum atomic E-state index is 6.61. The molecule has 0 atom stereocenters. The third-order valence-corrected chi connectivity index (χ3v) is 7.97. The lowest BCUT2D eigenvalue weighted by Gasteiger charge is -2.57. The molecule has 4 bridgehead atoms. The second-order valence-corrected chi connectivity index (χ2v) is 10.9. The summed E-state index contributed by atoms with van der Waals surface area (Å²) in [5, 5.41) is 2.60. The molecule has 0 amide bonds. The Balaban J connectivity index is 1.56. The van der Waals surface area contributed by atoms with Crippen LogP contribution in [0.1, 0.15) is 70.4 Å². The van der Waals surface area contributed by atoms with Crippen LogP contribution in [0.3, 0.4) is 0 Å². The quantitative estimate of drug-likeness (QED) is 0.443. The first kappa shape index (κ1) is 16.2. The molecular formula is C26H30O. The fourth-order valence-electron chi connectivity index (χ4n) is 7.12. The summed E-state index contributed by atoms with van der Waals surface area (Å²) in [6.07, 6.45) is 8.64. The van der Waals surface area contributed by atoms with Crippen LogP contribution in [-0.4, -0.2) is 0 Å². The fraction of sp³-hybridized carbons (Fsp3) is 0.538. The fourth-order valence-corrected chi connectivity index (χ4v) is 7.12. The predicted molar refractivity (Wildman–Crippen MR) is 112 cm³/mol. The third-order valence-electron chi connectivity index (χ3n) is 7.97. The van der Waals surface area contributed by atoms with E-state index in [-0.39, 0.29) is 5.41 Å². The average molecular weight is 359 g/mol. The van der Waals surface area contributed by atoms with Crippen molar-refractivity contribution in [3.8, 4) is 0 Å². The molecule has 140 valence electrons. The minimum Gasteiger partial charge on any atom is -0.456 e. The predicted octanol–water partition coefficient (Wildman–Crippen LogP) is 7.35. The Hall–Kier alpha value is -1.76. The van der Waals surface area contributed by atoms with Gasteiger partial charge in [-0.3, -0.25) is 0 Å². The zero-order chi connectivity index (χ0) is 18.4. The van der Waals surface area contributed by atoms with Gasteiger partial charge in [0.2, 0.25) is 0 Å². The van der Waals surface area contributed by atoms with E-state index < -0.39 is 0 Å². The second-order valence-electron chi connectivity index (χ2n) is 10.9. The summed E-state index contributed by atoms with van der Waals surface area (Å²) in [6, 6.07) is 13.8.